The molecular weight excluding hydrogens is 248 g/mol. The van der Waals surface area contributed by atoms with Crippen molar-refractivity contribution in [3.05, 3.63) is 12.2 Å². The van der Waals surface area contributed by atoms with E-state index < -0.39 is 35.0 Å². The van der Waals surface area contributed by atoms with E-state index in [9.17, 15) is 9.59 Å². The highest BCUT2D eigenvalue weighted by atomic mass is 16.6. The van der Waals surface area contributed by atoms with E-state index in [1.54, 1.807) is 27.7 Å². The lowest BCUT2D eigenvalue weighted by atomic mass is 9.59. The van der Waals surface area contributed by atoms with Gasteiger partial charge in [-0.3, -0.25) is 9.59 Å². The van der Waals surface area contributed by atoms with Gasteiger partial charge in [-0.25, -0.2) is 0 Å². The van der Waals surface area contributed by atoms with Crippen molar-refractivity contribution in [1.82, 2.24) is 0 Å². The van der Waals surface area contributed by atoms with Crippen LogP contribution in [0.25, 0.3) is 0 Å². The molecule has 2 aliphatic rings. The second-order valence-electron chi connectivity index (χ2n) is 5.21. The van der Waals surface area contributed by atoms with Crippen LogP contribution in [0.2, 0.25) is 0 Å². The second kappa shape index (κ2) is 4.63. The molecule has 5 heteroatoms. The van der Waals surface area contributed by atoms with Crippen molar-refractivity contribution < 1.29 is 23.8 Å². The molecule has 0 spiro atoms. The Kier molecular flexibility index (Phi) is 3.43. The summed E-state index contributed by atoms with van der Waals surface area (Å²) < 4.78 is 16.0. The molecule has 0 N–H and O–H groups in total. The minimum atomic E-state index is -1.05. The Morgan fingerprint density at radius 2 is 1.37 bits per heavy atom. The van der Waals surface area contributed by atoms with Crippen LogP contribution in [-0.4, -0.2) is 37.4 Å². The molecule has 0 amide bonds. The highest BCUT2D eigenvalue weighted by molar-refractivity contribution is 5.91. The van der Waals surface area contributed by atoms with Gasteiger partial charge in [0.25, 0.3) is 0 Å². The fourth-order valence-electron chi connectivity index (χ4n) is 2.92. The average Bonchev–Trinajstić information content (AvgIpc) is 2.93. The van der Waals surface area contributed by atoms with Gasteiger partial charge in [0, 0.05) is 0 Å². The van der Waals surface area contributed by atoms with Gasteiger partial charge in [0.15, 0.2) is 0 Å². The third kappa shape index (κ3) is 1.64. The molecule has 2 aliphatic heterocycles. The van der Waals surface area contributed by atoms with Crippen LogP contribution in [0.5, 0.6) is 0 Å². The summed E-state index contributed by atoms with van der Waals surface area (Å²) in [4.78, 5) is 24.7. The standard InChI is InChI=1S/C14H20O5/c1-5-17-11(15)13(3)9-7-8-10(19-9)14(13,4)12(16)18-6-2/h7-10H,5-6H2,1-4H3. The van der Waals surface area contributed by atoms with Crippen LogP contribution in [0.3, 0.4) is 0 Å². The molecule has 0 aromatic heterocycles. The molecule has 0 aliphatic carbocycles. The molecule has 1 saturated heterocycles. The van der Waals surface area contributed by atoms with Crippen molar-refractivity contribution >= 4 is 11.9 Å². The van der Waals surface area contributed by atoms with Gasteiger partial charge >= 0.3 is 11.9 Å². The predicted molar refractivity (Wildman–Crippen MR) is 67.3 cm³/mol. The Morgan fingerprint density at radius 1 is 1.00 bits per heavy atom. The topological polar surface area (TPSA) is 61.8 Å². The van der Waals surface area contributed by atoms with E-state index in [0.717, 1.165) is 0 Å². The number of hydrogen-bond acceptors (Lipinski definition) is 5. The molecule has 2 rings (SSSR count). The molecule has 0 aromatic carbocycles. The molecule has 0 radical (unpaired) electrons. The quantitative estimate of drug-likeness (QED) is 0.570. The Hall–Kier alpha value is -1.36. The lowest BCUT2D eigenvalue weighted by molar-refractivity contribution is -0.176. The van der Waals surface area contributed by atoms with Crippen LogP contribution in [0.1, 0.15) is 27.7 Å². The molecule has 106 valence electrons. The Bertz CT molecular complexity index is 392. The van der Waals surface area contributed by atoms with Crippen LogP contribution in [0, 0.1) is 10.8 Å². The van der Waals surface area contributed by atoms with Crippen molar-refractivity contribution in [2.75, 3.05) is 13.2 Å². The summed E-state index contributed by atoms with van der Waals surface area (Å²) in [5.41, 5.74) is -2.09. The van der Waals surface area contributed by atoms with Crippen LogP contribution in [-0.2, 0) is 23.8 Å². The summed E-state index contributed by atoms with van der Waals surface area (Å²) in [5.74, 6) is -0.829. The first-order valence-electron chi connectivity index (χ1n) is 6.61. The smallest absolute Gasteiger partial charge is 0.316 e. The molecule has 2 heterocycles. The fraction of sp³-hybridized carbons (Fsp3) is 0.714. The number of hydrogen-bond donors (Lipinski definition) is 0. The minimum Gasteiger partial charge on any atom is -0.465 e. The first-order valence-corrected chi connectivity index (χ1v) is 6.61. The zero-order valence-corrected chi connectivity index (χ0v) is 11.8. The largest absolute Gasteiger partial charge is 0.465 e. The van der Waals surface area contributed by atoms with E-state index >= 15 is 0 Å². The molecule has 4 unspecified atom stereocenters. The Balaban J connectivity index is 2.42. The first kappa shape index (κ1) is 14.1. The molecule has 0 saturated carbocycles. The third-order valence-electron chi connectivity index (χ3n) is 4.37. The summed E-state index contributed by atoms with van der Waals surface area (Å²) in [5, 5.41) is 0. The van der Waals surface area contributed by atoms with Crippen molar-refractivity contribution in [2.45, 2.75) is 39.9 Å². The van der Waals surface area contributed by atoms with Gasteiger partial charge in [0.05, 0.1) is 25.4 Å². The van der Waals surface area contributed by atoms with Gasteiger partial charge in [0.2, 0.25) is 0 Å². The van der Waals surface area contributed by atoms with Crippen LogP contribution in [0.4, 0.5) is 0 Å². The van der Waals surface area contributed by atoms with E-state index in [4.69, 9.17) is 14.2 Å². The zero-order valence-electron chi connectivity index (χ0n) is 11.8. The van der Waals surface area contributed by atoms with Gasteiger partial charge < -0.3 is 14.2 Å². The van der Waals surface area contributed by atoms with Gasteiger partial charge in [-0.2, -0.15) is 0 Å². The van der Waals surface area contributed by atoms with Gasteiger partial charge in [-0.05, 0) is 27.7 Å². The maximum Gasteiger partial charge on any atom is 0.316 e. The predicted octanol–water partition coefficient (Wildman–Crippen LogP) is 1.46. The van der Waals surface area contributed by atoms with E-state index in [2.05, 4.69) is 0 Å². The van der Waals surface area contributed by atoms with Crippen LogP contribution >= 0.6 is 0 Å². The second-order valence-corrected chi connectivity index (χ2v) is 5.21. The van der Waals surface area contributed by atoms with Gasteiger partial charge in [0.1, 0.15) is 10.8 Å². The number of esters is 2. The number of fused-ring (bicyclic) bond motifs is 2. The summed E-state index contributed by atoms with van der Waals surface area (Å²) in [6.45, 7) is 7.47. The molecule has 19 heavy (non-hydrogen) atoms. The first-order chi connectivity index (χ1) is 8.92. The van der Waals surface area contributed by atoms with E-state index in [1.165, 1.54) is 0 Å². The SMILES string of the molecule is CCOC(=O)C1(C)C2C=CC(O2)C1(C)C(=O)OCC. The van der Waals surface area contributed by atoms with Crippen LogP contribution < -0.4 is 0 Å². The van der Waals surface area contributed by atoms with E-state index in [-0.39, 0.29) is 13.2 Å². The van der Waals surface area contributed by atoms with E-state index in [1.807, 2.05) is 12.2 Å². The zero-order chi connectivity index (χ0) is 14.3. The van der Waals surface area contributed by atoms with Crippen molar-refractivity contribution in [1.29, 1.82) is 0 Å². The number of carbonyl (C=O) groups is 2. The maximum atomic E-state index is 12.3. The summed E-state index contributed by atoms with van der Waals surface area (Å²) in [6.07, 6.45) is 2.77. The van der Waals surface area contributed by atoms with Gasteiger partial charge in [-0.1, -0.05) is 12.2 Å². The fourth-order valence-corrected chi connectivity index (χ4v) is 2.92. The highest BCUT2D eigenvalue weighted by Gasteiger charge is 2.71. The normalized spacial score (nSPS) is 39.4. The molecule has 4 atom stereocenters. The van der Waals surface area contributed by atoms with Crippen molar-refractivity contribution in [2.24, 2.45) is 10.8 Å². The lowest BCUT2D eigenvalue weighted by Crippen LogP contribution is -2.55. The number of ether oxygens (including phenoxy) is 3. The molecule has 1 fully saturated rings. The van der Waals surface area contributed by atoms with Crippen LogP contribution in [0.15, 0.2) is 12.2 Å². The van der Waals surface area contributed by atoms with Crippen molar-refractivity contribution in [3.63, 3.8) is 0 Å². The minimum absolute atomic E-state index is 0.272. The molecular formula is C14H20O5. The summed E-state index contributed by atoms with van der Waals surface area (Å²) in [6, 6.07) is 0. The average molecular weight is 268 g/mol. The molecule has 5 nitrogen and oxygen atoms in total. The number of rotatable bonds is 4. The summed E-state index contributed by atoms with van der Waals surface area (Å²) in [7, 11) is 0. The number of carbonyl (C=O) groups excluding carboxylic acids is 2. The Morgan fingerprint density at radius 3 is 1.68 bits per heavy atom. The lowest BCUT2D eigenvalue weighted by Gasteiger charge is -2.40. The van der Waals surface area contributed by atoms with Gasteiger partial charge in [-0.15, -0.1) is 0 Å². The van der Waals surface area contributed by atoms with Crippen molar-refractivity contribution in [3.8, 4) is 0 Å². The maximum absolute atomic E-state index is 12.3. The Labute approximate surface area is 112 Å². The third-order valence-corrected chi connectivity index (χ3v) is 4.37. The highest BCUT2D eigenvalue weighted by Crippen LogP contribution is 2.58. The molecule has 2 bridgehead atoms. The van der Waals surface area contributed by atoms with E-state index in [0.29, 0.717) is 0 Å². The summed E-state index contributed by atoms with van der Waals surface area (Å²) >= 11 is 0. The molecule has 0 aromatic rings. The monoisotopic (exact) mass is 268 g/mol.